The zero-order chi connectivity index (χ0) is 10.4. The molecule has 0 saturated carbocycles. The predicted molar refractivity (Wildman–Crippen MR) is 53.0 cm³/mol. The fraction of sp³-hybridized carbons (Fsp3) is 0.900. The molecule has 0 radical (unpaired) electrons. The van der Waals surface area contributed by atoms with Crippen molar-refractivity contribution in [1.82, 2.24) is 5.32 Å². The van der Waals surface area contributed by atoms with Crippen molar-refractivity contribution in [2.24, 2.45) is 5.92 Å². The fourth-order valence-electron chi connectivity index (χ4n) is 1.68. The molecule has 1 heterocycles. The Labute approximate surface area is 85.0 Å². The Hall–Kier alpha value is -0.610. The summed E-state index contributed by atoms with van der Waals surface area (Å²) >= 11 is 0. The van der Waals surface area contributed by atoms with E-state index in [1.54, 1.807) is 0 Å². The van der Waals surface area contributed by atoms with Crippen molar-refractivity contribution >= 4 is 5.97 Å². The van der Waals surface area contributed by atoms with Crippen LogP contribution >= 0.6 is 0 Å². The Balaban J connectivity index is 2.46. The van der Waals surface area contributed by atoms with Crippen LogP contribution in [0.5, 0.6) is 0 Å². The number of carbonyl (C=O) groups excluding carboxylic acids is 1. The van der Waals surface area contributed by atoms with Gasteiger partial charge in [-0.3, -0.25) is 4.79 Å². The molecule has 0 amide bonds. The first-order valence-corrected chi connectivity index (χ1v) is 5.18. The van der Waals surface area contributed by atoms with Gasteiger partial charge >= 0.3 is 5.97 Å². The molecule has 1 aliphatic heterocycles. The van der Waals surface area contributed by atoms with E-state index in [4.69, 9.17) is 9.47 Å². The van der Waals surface area contributed by atoms with Crippen molar-refractivity contribution < 1.29 is 14.3 Å². The van der Waals surface area contributed by atoms with E-state index in [2.05, 4.69) is 12.2 Å². The Morgan fingerprint density at radius 3 is 3.00 bits per heavy atom. The number of methoxy groups -OCH3 is 1. The number of carbonyl (C=O) groups is 1. The Morgan fingerprint density at radius 1 is 1.71 bits per heavy atom. The van der Waals surface area contributed by atoms with Gasteiger partial charge in [0.15, 0.2) is 0 Å². The second-order valence-corrected chi connectivity index (χ2v) is 3.58. The minimum Gasteiger partial charge on any atom is -0.468 e. The smallest absolute Gasteiger partial charge is 0.323 e. The van der Waals surface area contributed by atoms with Gasteiger partial charge in [-0.2, -0.15) is 0 Å². The summed E-state index contributed by atoms with van der Waals surface area (Å²) < 4.78 is 10.0. The second kappa shape index (κ2) is 5.98. The highest BCUT2D eigenvalue weighted by molar-refractivity contribution is 5.76. The molecule has 82 valence electrons. The van der Waals surface area contributed by atoms with Crippen LogP contribution < -0.4 is 5.32 Å². The quantitative estimate of drug-likeness (QED) is 0.660. The molecule has 1 N–H and O–H groups in total. The first-order valence-electron chi connectivity index (χ1n) is 5.18. The molecule has 1 rings (SSSR count). The van der Waals surface area contributed by atoms with Crippen molar-refractivity contribution in [1.29, 1.82) is 0 Å². The zero-order valence-corrected chi connectivity index (χ0v) is 8.91. The van der Waals surface area contributed by atoms with E-state index < -0.39 is 0 Å². The van der Waals surface area contributed by atoms with E-state index in [0.29, 0.717) is 6.61 Å². The average Bonchev–Trinajstić information content (AvgIpc) is 2.71. The van der Waals surface area contributed by atoms with Crippen molar-refractivity contribution in [3.8, 4) is 0 Å². The van der Waals surface area contributed by atoms with Gasteiger partial charge in [-0.25, -0.2) is 0 Å². The molecule has 0 aliphatic carbocycles. The topological polar surface area (TPSA) is 47.6 Å². The van der Waals surface area contributed by atoms with Crippen molar-refractivity contribution in [2.75, 3.05) is 26.9 Å². The normalized spacial score (nSPS) is 23.4. The Kier molecular flexibility index (Phi) is 4.90. The molecule has 0 bridgehead atoms. The van der Waals surface area contributed by atoms with Gasteiger partial charge in [0.1, 0.15) is 6.04 Å². The average molecular weight is 201 g/mol. The van der Waals surface area contributed by atoms with Crippen LogP contribution in [0.4, 0.5) is 0 Å². The van der Waals surface area contributed by atoms with Gasteiger partial charge in [0.05, 0.1) is 13.7 Å². The van der Waals surface area contributed by atoms with E-state index in [-0.39, 0.29) is 17.9 Å². The largest absolute Gasteiger partial charge is 0.468 e. The molecule has 4 nitrogen and oxygen atoms in total. The lowest BCUT2D eigenvalue weighted by atomic mass is 9.99. The monoisotopic (exact) mass is 201 g/mol. The van der Waals surface area contributed by atoms with Crippen molar-refractivity contribution in [3.63, 3.8) is 0 Å². The van der Waals surface area contributed by atoms with Gasteiger partial charge in [0.2, 0.25) is 0 Å². The summed E-state index contributed by atoms with van der Waals surface area (Å²) in [5.41, 5.74) is 0. The summed E-state index contributed by atoms with van der Waals surface area (Å²) in [6, 6.07) is -0.192. The fourth-order valence-corrected chi connectivity index (χ4v) is 1.68. The standard InChI is InChI=1S/C10H19NO3/c1-3-5-11-9(10(12)13-2)8-4-6-14-7-8/h8-9,11H,3-7H2,1-2H3. The highest BCUT2D eigenvalue weighted by atomic mass is 16.5. The third-order valence-electron chi connectivity index (χ3n) is 2.51. The highest BCUT2D eigenvalue weighted by Crippen LogP contribution is 2.17. The highest BCUT2D eigenvalue weighted by Gasteiger charge is 2.31. The van der Waals surface area contributed by atoms with Gasteiger partial charge in [0.25, 0.3) is 0 Å². The minimum absolute atomic E-state index is 0.172. The molecule has 4 heteroatoms. The Morgan fingerprint density at radius 2 is 2.50 bits per heavy atom. The molecule has 0 aromatic heterocycles. The van der Waals surface area contributed by atoms with E-state index in [1.165, 1.54) is 7.11 Å². The van der Waals surface area contributed by atoms with Gasteiger partial charge in [-0.05, 0) is 19.4 Å². The summed E-state index contributed by atoms with van der Waals surface area (Å²) in [6.07, 6.45) is 1.96. The van der Waals surface area contributed by atoms with E-state index in [9.17, 15) is 4.79 Å². The molecular formula is C10H19NO3. The molecule has 0 spiro atoms. The SMILES string of the molecule is CCCNC(C(=O)OC)C1CCOC1. The van der Waals surface area contributed by atoms with E-state index in [1.807, 2.05) is 0 Å². The first kappa shape index (κ1) is 11.5. The van der Waals surface area contributed by atoms with Crippen LogP contribution in [0.3, 0.4) is 0 Å². The number of esters is 1. The van der Waals surface area contributed by atoms with Crippen molar-refractivity contribution in [3.05, 3.63) is 0 Å². The van der Waals surface area contributed by atoms with Crippen LogP contribution in [-0.2, 0) is 14.3 Å². The van der Waals surface area contributed by atoms with Crippen molar-refractivity contribution in [2.45, 2.75) is 25.8 Å². The molecule has 0 aromatic rings. The summed E-state index contributed by atoms with van der Waals surface area (Å²) in [4.78, 5) is 11.5. The molecule has 1 saturated heterocycles. The number of rotatable bonds is 5. The maximum Gasteiger partial charge on any atom is 0.323 e. The maximum absolute atomic E-state index is 11.5. The van der Waals surface area contributed by atoms with E-state index >= 15 is 0 Å². The lowest BCUT2D eigenvalue weighted by Gasteiger charge is -2.20. The number of hydrogen-bond donors (Lipinski definition) is 1. The molecule has 1 fully saturated rings. The van der Waals surface area contributed by atoms with Gasteiger partial charge < -0.3 is 14.8 Å². The van der Waals surface area contributed by atoms with Gasteiger partial charge in [-0.15, -0.1) is 0 Å². The Bertz CT molecular complexity index is 178. The van der Waals surface area contributed by atoms with Crippen LogP contribution in [0, 0.1) is 5.92 Å². The van der Waals surface area contributed by atoms with Crippen LogP contribution in [-0.4, -0.2) is 38.9 Å². The molecule has 2 atom stereocenters. The second-order valence-electron chi connectivity index (χ2n) is 3.58. The number of ether oxygens (including phenoxy) is 2. The van der Waals surface area contributed by atoms with Gasteiger partial charge in [0, 0.05) is 12.5 Å². The molecular weight excluding hydrogens is 182 g/mol. The van der Waals surface area contributed by atoms with Crippen LogP contribution in [0.1, 0.15) is 19.8 Å². The lowest BCUT2D eigenvalue weighted by Crippen LogP contribution is -2.44. The number of nitrogens with one attached hydrogen (secondary N) is 1. The van der Waals surface area contributed by atoms with Crippen LogP contribution in [0.2, 0.25) is 0 Å². The predicted octanol–water partition coefficient (Wildman–Crippen LogP) is 0.564. The maximum atomic E-state index is 11.5. The lowest BCUT2D eigenvalue weighted by molar-refractivity contribution is -0.144. The third-order valence-corrected chi connectivity index (χ3v) is 2.51. The van der Waals surface area contributed by atoms with Gasteiger partial charge in [-0.1, -0.05) is 6.92 Å². The van der Waals surface area contributed by atoms with E-state index in [0.717, 1.165) is 26.0 Å². The third kappa shape index (κ3) is 2.96. The molecule has 14 heavy (non-hydrogen) atoms. The summed E-state index contributed by atoms with van der Waals surface area (Å²) in [6.45, 7) is 4.34. The molecule has 1 aliphatic rings. The van der Waals surface area contributed by atoms with Crippen LogP contribution in [0.25, 0.3) is 0 Å². The molecule has 2 unspecified atom stereocenters. The summed E-state index contributed by atoms with van der Waals surface area (Å²) in [5, 5.41) is 3.21. The zero-order valence-electron chi connectivity index (χ0n) is 8.91. The summed E-state index contributed by atoms with van der Waals surface area (Å²) in [7, 11) is 1.43. The minimum atomic E-state index is -0.192. The molecule has 0 aromatic carbocycles. The summed E-state index contributed by atoms with van der Waals surface area (Å²) in [5.74, 6) is 0.1000. The number of hydrogen-bond acceptors (Lipinski definition) is 4. The first-order chi connectivity index (χ1) is 6.79. The van der Waals surface area contributed by atoms with Crippen LogP contribution in [0.15, 0.2) is 0 Å².